The van der Waals surface area contributed by atoms with Gasteiger partial charge in [-0.25, -0.2) is 4.39 Å². The molecule has 1 aliphatic rings. The fraction of sp³-hybridized carbons (Fsp3) is 0.350. The summed E-state index contributed by atoms with van der Waals surface area (Å²) in [4.78, 5) is 15.9. The normalized spacial score (nSPS) is 17.5. The Kier molecular flexibility index (Phi) is 6.10. The smallest absolute Gasteiger partial charge is 0.254 e. The minimum absolute atomic E-state index is 0.00679. The number of benzene rings is 2. The second-order valence-electron chi connectivity index (χ2n) is 6.16. The average Bonchev–Trinajstić information content (AvgIpc) is 2.66. The van der Waals surface area contributed by atoms with E-state index in [1.165, 1.54) is 12.1 Å². The molecular weight excluding hydrogens is 337 g/mol. The van der Waals surface area contributed by atoms with Gasteiger partial charge in [0.15, 0.2) is 0 Å². The molecule has 1 saturated heterocycles. The average molecular weight is 359 g/mol. The van der Waals surface area contributed by atoms with Crippen molar-refractivity contribution in [3.63, 3.8) is 0 Å². The Hall–Kier alpha value is -1.85. The molecule has 0 spiro atoms. The summed E-state index contributed by atoms with van der Waals surface area (Å²) in [6.07, 6.45) is 2.88. The summed E-state index contributed by atoms with van der Waals surface area (Å²) in [5.41, 5.74) is 1.51. The molecule has 25 heavy (non-hydrogen) atoms. The van der Waals surface area contributed by atoms with Crippen molar-refractivity contribution in [2.75, 3.05) is 18.9 Å². The number of amides is 1. The molecular formula is C20H22FNO2S. The van der Waals surface area contributed by atoms with Crippen LogP contribution in [0.3, 0.4) is 0 Å². The molecule has 3 nitrogen and oxygen atoms in total. The molecule has 132 valence electrons. The molecule has 1 atom stereocenters. The Morgan fingerprint density at radius 1 is 1.20 bits per heavy atom. The number of halogens is 1. The van der Waals surface area contributed by atoms with Gasteiger partial charge in [0.2, 0.25) is 0 Å². The van der Waals surface area contributed by atoms with Gasteiger partial charge in [0, 0.05) is 22.8 Å². The van der Waals surface area contributed by atoms with Crippen molar-refractivity contribution in [2.45, 2.75) is 30.2 Å². The summed E-state index contributed by atoms with van der Waals surface area (Å²) >= 11 is 1.56. The van der Waals surface area contributed by atoms with Crippen LogP contribution in [0, 0.1) is 5.82 Å². The largest absolute Gasteiger partial charge is 0.396 e. The Balaban J connectivity index is 1.78. The van der Waals surface area contributed by atoms with Crippen molar-refractivity contribution in [3.8, 4) is 0 Å². The van der Waals surface area contributed by atoms with Crippen LogP contribution in [0.4, 0.5) is 4.39 Å². The molecule has 0 saturated carbocycles. The highest BCUT2D eigenvalue weighted by molar-refractivity contribution is 7.99. The lowest BCUT2D eigenvalue weighted by Gasteiger charge is -2.36. The van der Waals surface area contributed by atoms with Gasteiger partial charge in [-0.3, -0.25) is 4.79 Å². The maximum Gasteiger partial charge on any atom is 0.254 e. The highest BCUT2D eigenvalue weighted by Gasteiger charge is 2.28. The lowest BCUT2D eigenvalue weighted by Crippen LogP contribution is -2.38. The Labute approximate surface area is 151 Å². The van der Waals surface area contributed by atoms with Crippen LogP contribution in [0.2, 0.25) is 0 Å². The van der Waals surface area contributed by atoms with E-state index in [9.17, 15) is 9.18 Å². The molecule has 1 heterocycles. The van der Waals surface area contributed by atoms with Crippen LogP contribution in [0.25, 0.3) is 0 Å². The summed E-state index contributed by atoms with van der Waals surface area (Å²) in [5.74, 6) is 0.370. The second kappa shape index (κ2) is 8.50. The number of nitrogens with zero attached hydrogens (tertiary/aromatic N) is 1. The van der Waals surface area contributed by atoms with E-state index in [4.69, 9.17) is 5.11 Å². The van der Waals surface area contributed by atoms with Gasteiger partial charge in [0.25, 0.3) is 5.91 Å². The molecule has 3 rings (SSSR count). The SMILES string of the molecule is O=C(c1ccc(SCCO)cc1)N1CCCC[C@@H]1c1cccc(F)c1. The quantitative estimate of drug-likeness (QED) is 0.810. The maximum atomic E-state index is 13.6. The minimum Gasteiger partial charge on any atom is -0.396 e. The van der Waals surface area contributed by atoms with E-state index in [0.29, 0.717) is 17.9 Å². The molecule has 5 heteroatoms. The van der Waals surface area contributed by atoms with Gasteiger partial charge in [-0.1, -0.05) is 12.1 Å². The zero-order valence-electron chi connectivity index (χ0n) is 14.0. The van der Waals surface area contributed by atoms with Crippen molar-refractivity contribution in [2.24, 2.45) is 0 Å². The molecule has 0 aromatic heterocycles. The van der Waals surface area contributed by atoms with E-state index in [2.05, 4.69) is 0 Å². The number of rotatable bonds is 5. The van der Waals surface area contributed by atoms with Crippen molar-refractivity contribution < 1.29 is 14.3 Å². The fourth-order valence-electron chi connectivity index (χ4n) is 3.26. The number of carbonyl (C=O) groups is 1. The van der Waals surface area contributed by atoms with Crippen molar-refractivity contribution in [3.05, 3.63) is 65.5 Å². The first-order chi connectivity index (χ1) is 12.2. The first kappa shape index (κ1) is 18.0. The molecule has 1 aliphatic heterocycles. The number of aliphatic hydroxyl groups excluding tert-OH is 1. The first-order valence-corrected chi connectivity index (χ1v) is 9.58. The van der Waals surface area contributed by atoms with Gasteiger partial charge in [-0.15, -0.1) is 11.8 Å². The third-order valence-corrected chi connectivity index (χ3v) is 5.45. The number of thioether (sulfide) groups is 1. The number of aliphatic hydroxyl groups is 1. The summed E-state index contributed by atoms with van der Waals surface area (Å²) in [7, 11) is 0. The van der Waals surface area contributed by atoms with E-state index >= 15 is 0 Å². The predicted molar refractivity (Wildman–Crippen MR) is 98.3 cm³/mol. The summed E-state index contributed by atoms with van der Waals surface area (Å²) < 4.78 is 13.6. The summed E-state index contributed by atoms with van der Waals surface area (Å²) in [6.45, 7) is 0.829. The summed E-state index contributed by atoms with van der Waals surface area (Å²) in [5, 5.41) is 8.89. The highest BCUT2D eigenvalue weighted by atomic mass is 32.2. The van der Waals surface area contributed by atoms with Crippen LogP contribution >= 0.6 is 11.8 Å². The van der Waals surface area contributed by atoms with Gasteiger partial charge >= 0.3 is 0 Å². The van der Waals surface area contributed by atoms with Gasteiger partial charge in [-0.05, 0) is 61.2 Å². The molecule has 0 radical (unpaired) electrons. The number of piperidine rings is 1. The molecule has 0 aliphatic carbocycles. The molecule has 0 unspecified atom stereocenters. The zero-order valence-corrected chi connectivity index (χ0v) is 14.8. The van der Waals surface area contributed by atoms with Gasteiger partial charge in [-0.2, -0.15) is 0 Å². The lowest BCUT2D eigenvalue weighted by atomic mass is 9.94. The van der Waals surface area contributed by atoms with E-state index in [1.54, 1.807) is 17.8 Å². The third kappa shape index (κ3) is 4.41. The molecule has 2 aromatic rings. The Morgan fingerprint density at radius 3 is 2.72 bits per heavy atom. The van der Waals surface area contributed by atoms with Crippen molar-refractivity contribution in [1.82, 2.24) is 4.90 Å². The molecule has 1 amide bonds. The van der Waals surface area contributed by atoms with Crippen LogP contribution in [0.5, 0.6) is 0 Å². The fourth-order valence-corrected chi connectivity index (χ4v) is 3.91. The first-order valence-electron chi connectivity index (χ1n) is 8.59. The molecule has 1 N–H and O–H groups in total. The standard InChI is InChI=1S/C20H22FNO2S/c21-17-5-3-4-16(14-17)19-6-1-2-11-22(19)20(24)15-7-9-18(10-8-15)25-13-12-23/h3-5,7-10,14,19,23H,1-2,6,11-13H2/t19-/m1/s1. The minimum atomic E-state index is -0.263. The van der Waals surface area contributed by atoms with Gasteiger partial charge in [0.1, 0.15) is 5.82 Å². The lowest BCUT2D eigenvalue weighted by molar-refractivity contribution is 0.0611. The Bertz CT molecular complexity index is 720. The monoisotopic (exact) mass is 359 g/mol. The summed E-state index contributed by atoms with van der Waals surface area (Å²) in [6, 6.07) is 14.0. The van der Waals surface area contributed by atoms with E-state index in [1.807, 2.05) is 35.2 Å². The van der Waals surface area contributed by atoms with Crippen LogP contribution in [-0.2, 0) is 0 Å². The Morgan fingerprint density at radius 2 is 2.00 bits per heavy atom. The number of carbonyl (C=O) groups excluding carboxylic acids is 1. The second-order valence-corrected chi connectivity index (χ2v) is 7.33. The van der Waals surface area contributed by atoms with E-state index < -0.39 is 0 Å². The maximum absolute atomic E-state index is 13.6. The van der Waals surface area contributed by atoms with Gasteiger partial charge in [0.05, 0.1) is 12.6 Å². The predicted octanol–water partition coefficient (Wildman–Crippen LogP) is 4.28. The molecule has 1 fully saturated rings. The van der Waals surface area contributed by atoms with E-state index in [-0.39, 0.29) is 24.4 Å². The third-order valence-electron chi connectivity index (χ3n) is 4.46. The number of hydrogen-bond donors (Lipinski definition) is 1. The van der Waals surface area contributed by atoms with E-state index in [0.717, 1.165) is 29.7 Å². The van der Waals surface area contributed by atoms with Gasteiger partial charge < -0.3 is 10.0 Å². The number of likely N-dealkylation sites (tertiary alicyclic amines) is 1. The zero-order chi connectivity index (χ0) is 17.6. The molecule has 2 aromatic carbocycles. The highest BCUT2D eigenvalue weighted by Crippen LogP contribution is 2.32. The van der Waals surface area contributed by atoms with Crippen molar-refractivity contribution >= 4 is 17.7 Å². The van der Waals surface area contributed by atoms with Crippen LogP contribution in [0.15, 0.2) is 53.4 Å². The van der Waals surface area contributed by atoms with Crippen LogP contribution < -0.4 is 0 Å². The van der Waals surface area contributed by atoms with Crippen LogP contribution in [0.1, 0.15) is 41.2 Å². The van der Waals surface area contributed by atoms with Crippen molar-refractivity contribution in [1.29, 1.82) is 0 Å². The van der Waals surface area contributed by atoms with Crippen LogP contribution in [-0.4, -0.2) is 34.8 Å². The topological polar surface area (TPSA) is 40.5 Å². The number of hydrogen-bond acceptors (Lipinski definition) is 3. The molecule has 0 bridgehead atoms.